The van der Waals surface area contributed by atoms with Crippen molar-refractivity contribution in [3.8, 4) is 23.1 Å². The van der Waals surface area contributed by atoms with Crippen LogP contribution in [0.2, 0.25) is 0 Å². The molecule has 1 heterocycles. The lowest BCUT2D eigenvalue weighted by atomic mass is 10.1. The molecule has 0 radical (unpaired) electrons. The number of carbonyl (C=O) groups is 1. The number of esters is 1. The zero-order valence-corrected chi connectivity index (χ0v) is 17.1. The molecule has 1 aliphatic rings. The number of hydrogen-bond acceptors (Lipinski definition) is 4. The van der Waals surface area contributed by atoms with Crippen LogP contribution in [0.15, 0.2) is 59.1 Å². The van der Waals surface area contributed by atoms with E-state index in [4.69, 9.17) is 9.26 Å². The zero-order valence-electron chi connectivity index (χ0n) is 17.1. The second kappa shape index (κ2) is 9.31. The summed E-state index contributed by atoms with van der Waals surface area (Å²) in [7, 11) is 0. The van der Waals surface area contributed by atoms with Gasteiger partial charge in [-0.1, -0.05) is 42.0 Å². The first kappa shape index (κ1) is 21.7. The van der Waals surface area contributed by atoms with Gasteiger partial charge < -0.3 is 9.26 Å². The topological polar surface area (TPSA) is 52.3 Å². The first-order valence-corrected chi connectivity index (χ1v) is 10.3. The molecule has 0 bridgehead atoms. The van der Waals surface area contributed by atoms with E-state index >= 15 is 0 Å². The molecule has 1 aromatic heterocycles. The number of nitrogens with zero attached hydrogens (tertiary/aromatic N) is 1. The van der Waals surface area contributed by atoms with E-state index in [-0.39, 0.29) is 12.4 Å². The van der Waals surface area contributed by atoms with Crippen LogP contribution in [0.3, 0.4) is 0 Å². The molecule has 4 nitrogen and oxygen atoms in total. The molecule has 4 rings (SSSR count). The average molecular weight is 439 g/mol. The number of benzene rings is 2. The lowest BCUT2D eigenvalue weighted by Crippen LogP contribution is -2.04. The molecule has 0 amide bonds. The molecular weight excluding hydrogens is 419 g/mol. The molecule has 164 valence electrons. The number of carbonyl (C=O) groups excluding carboxylic acids is 1. The maximum Gasteiger partial charge on any atom is 0.416 e. The normalized spacial score (nSPS) is 14.1. The Bertz CT molecular complexity index is 1130. The largest absolute Gasteiger partial charge is 0.454 e. The molecule has 7 heteroatoms. The molecule has 1 saturated carbocycles. The Balaban J connectivity index is 1.33. The summed E-state index contributed by atoms with van der Waals surface area (Å²) in [6, 6.07) is 13.0. The summed E-state index contributed by atoms with van der Waals surface area (Å²) in [6.45, 7) is -0.143. The number of rotatable bonds is 4. The first-order valence-electron chi connectivity index (χ1n) is 10.3. The SMILES string of the molecule is O=C(OCc1cc(-c2ccc(C(F)(F)F)cc2)no1)c1ccc(C#CC2CCCC2)cc1. The van der Waals surface area contributed by atoms with Gasteiger partial charge in [-0.05, 0) is 49.2 Å². The molecular formula is C25H20F3NO3. The number of ether oxygens (including phenoxy) is 1. The minimum atomic E-state index is -4.40. The monoisotopic (exact) mass is 439 g/mol. The fourth-order valence-electron chi connectivity index (χ4n) is 3.51. The van der Waals surface area contributed by atoms with Gasteiger partial charge in [0.05, 0.1) is 11.1 Å². The van der Waals surface area contributed by atoms with E-state index in [0.717, 1.165) is 30.5 Å². The van der Waals surface area contributed by atoms with E-state index in [9.17, 15) is 18.0 Å². The van der Waals surface area contributed by atoms with Crippen molar-refractivity contribution in [1.29, 1.82) is 0 Å². The molecule has 0 unspecified atom stereocenters. The minimum Gasteiger partial charge on any atom is -0.454 e. The lowest BCUT2D eigenvalue weighted by Gasteiger charge is -2.06. The van der Waals surface area contributed by atoms with E-state index in [2.05, 4.69) is 17.0 Å². The van der Waals surface area contributed by atoms with Crippen LogP contribution in [-0.4, -0.2) is 11.1 Å². The van der Waals surface area contributed by atoms with Crippen molar-refractivity contribution in [3.05, 3.63) is 77.0 Å². The third kappa shape index (κ3) is 5.38. The molecule has 32 heavy (non-hydrogen) atoms. The zero-order chi connectivity index (χ0) is 22.6. The average Bonchev–Trinajstić information content (AvgIpc) is 3.48. The Morgan fingerprint density at radius 2 is 1.75 bits per heavy atom. The highest BCUT2D eigenvalue weighted by molar-refractivity contribution is 5.89. The van der Waals surface area contributed by atoms with Gasteiger partial charge in [-0.25, -0.2) is 4.79 Å². The first-order chi connectivity index (χ1) is 15.4. The molecule has 2 aromatic carbocycles. The fraction of sp³-hybridized carbons (Fsp3) is 0.280. The Morgan fingerprint density at radius 3 is 2.41 bits per heavy atom. The Hall–Kier alpha value is -3.53. The van der Waals surface area contributed by atoms with Crippen molar-refractivity contribution < 1.29 is 27.2 Å². The van der Waals surface area contributed by atoms with Gasteiger partial charge >= 0.3 is 12.1 Å². The predicted octanol–water partition coefficient (Wildman–Crippen LogP) is 6.26. The molecule has 1 fully saturated rings. The predicted molar refractivity (Wildman–Crippen MR) is 111 cm³/mol. The van der Waals surface area contributed by atoms with Crippen molar-refractivity contribution >= 4 is 5.97 Å². The van der Waals surface area contributed by atoms with E-state index < -0.39 is 17.7 Å². The van der Waals surface area contributed by atoms with Gasteiger partial charge in [0.1, 0.15) is 5.69 Å². The summed E-state index contributed by atoms with van der Waals surface area (Å²) in [4.78, 5) is 12.3. The van der Waals surface area contributed by atoms with E-state index in [1.54, 1.807) is 24.3 Å². The third-order valence-electron chi connectivity index (χ3n) is 5.31. The molecule has 0 aliphatic heterocycles. The second-order valence-electron chi connectivity index (χ2n) is 7.66. The van der Waals surface area contributed by atoms with E-state index in [1.807, 2.05) is 0 Å². The minimum absolute atomic E-state index is 0.143. The maximum atomic E-state index is 12.7. The highest BCUT2D eigenvalue weighted by Crippen LogP contribution is 2.31. The van der Waals surface area contributed by atoms with Crippen LogP contribution in [0.4, 0.5) is 13.2 Å². The summed E-state index contributed by atoms with van der Waals surface area (Å²) in [5.41, 5.74) is 1.32. The summed E-state index contributed by atoms with van der Waals surface area (Å²) in [5, 5.41) is 3.83. The van der Waals surface area contributed by atoms with Crippen LogP contribution in [-0.2, 0) is 17.5 Å². The number of alkyl halides is 3. The molecule has 0 saturated heterocycles. The molecule has 0 N–H and O–H groups in total. The van der Waals surface area contributed by atoms with Crippen LogP contribution < -0.4 is 0 Å². The summed E-state index contributed by atoms with van der Waals surface area (Å²) in [6.07, 6.45) is 0.379. The van der Waals surface area contributed by atoms with Crippen LogP contribution in [0.5, 0.6) is 0 Å². The van der Waals surface area contributed by atoms with Crippen LogP contribution >= 0.6 is 0 Å². The highest BCUT2D eigenvalue weighted by Gasteiger charge is 2.30. The van der Waals surface area contributed by atoms with E-state index in [1.165, 1.54) is 31.0 Å². The van der Waals surface area contributed by atoms with Crippen molar-refractivity contribution in [2.45, 2.75) is 38.5 Å². The summed E-state index contributed by atoms with van der Waals surface area (Å²) >= 11 is 0. The third-order valence-corrected chi connectivity index (χ3v) is 5.31. The number of halogens is 3. The van der Waals surface area contributed by atoms with Crippen LogP contribution in [0, 0.1) is 17.8 Å². The molecule has 0 spiro atoms. The molecule has 0 atom stereocenters. The van der Waals surface area contributed by atoms with Gasteiger partial charge in [0.2, 0.25) is 0 Å². The quantitative estimate of drug-likeness (QED) is 0.356. The van der Waals surface area contributed by atoms with Crippen molar-refractivity contribution in [3.63, 3.8) is 0 Å². The standard InChI is InChI=1S/C25H20F3NO3/c26-25(27,28)21-13-11-19(12-14-21)23-15-22(32-29-23)16-31-24(30)20-9-7-18(8-10-20)6-5-17-3-1-2-4-17/h7-15,17H,1-4,16H2. The van der Waals surface area contributed by atoms with Gasteiger partial charge in [0.25, 0.3) is 0 Å². The second-order valence-corrected chi connectivity index (χ2v) is 7.66. The van der Waals surface area contributed by atoms with Gasteiger partial charge in [-0.3, -0.25) is 0 Å². The molecule has 1 aliphatic carbocycles. The smallest absolute Gasteiger partial charge is 0.416 e. The van der Waals surface area contributed by atoms with E-state index in [0.29, 0.717) is 22.7 Å². The van der Waals surface area contributed by atoms with Crippen LogP contribution in [0.1, 0.15) is 52.9 Å². The highest BCUT2D eigenvalue weighted by atomic mass is 19.4. The van der Waals surface area contributed by atoms with Gasteiger partial charge in [-0.15, -0.1) is 0 Å². The van der Waals surface area contributed by atoms with Crippen molar-refractivity contribution in [2.24, 2.45) is 5.92 Å². The Morgan fingerprint density at radius 1 is 1.06 bits per heavy atom. The lowest BCUT2D eigenvalue weighted by molar-refractivity contribution is -0.137. The van der Waals surface area contributed by atoms with Crippen LogP contribution in [0.25, 0.3) is 11.3 Å². The summed E-state index contributed by atoms with van der Waals surface area (Å²) < 4.78 is 48.4. The van der Waals surface area contributed by atoms with Crippen molar-refractivity contribution in [1.82, 2.24) is 5.16 Å². The Kier molecular flexibility index (Phi) is 6.31. The molecule has 3 aromatic rings. The fourth-order valence-corrected chi connectivity index (χ4v) is 3.51. The van der Waals surface area contributed by atoms with Crippen molar-refractivity contribution in [2.75, 3.05) is 0 Å². The number of hydrogen-bond donors (Lipinski definition) is 0. The van der Waals surface area contributed by atoms with Gasteiger partial charge in [0, 0.05) is 23.1 Å². The number of aromatic nitrogens is 1. The van der Waals surface area contributed by atoms with Gasteiger partial charge in [-0.2, -0.15) is 13.2 Å². The Labute approximate surface area is 183 Å². The van der Waals surface area contributed by atoms with Gasteiger partial charge in [0.15, 0.2) is 12.4 Å². The maximum absolute atomic E-state index is 12.7. The summed E-state index contributed by atoms with van der Waals surface area (Å²) in [5.74, 6) is 6.66.